The zero-order valence-electron chi connectivity index (χ0n) is 22.6. The summed E-state index contributed by atoms with van der Waals surface area (Å²) in [5.41, 5.74) is 14.8. The first-order valence-electron chi connectivity index (χ1n) is 13.4. The molecule has 3 aromatic carbocycles. The second-order valence-corrected chi connectivity index (χ2v) is 10.6. The number of hydrogen-bond donors (Lipinski definition) is 1. The number of carbonyl (C=O) groups excluding carboxylic acids is 1. The normalized spacial score (nSPS) is 17.3. The molecule has 5 nitrogen and oxygen atoms in total. The summed E-state index contributed by atoms with van der Waals surface area (Å²) < 4.78 is 6.07. The van der Waals surface area contributed by atoms with Gasteiger partial charge in [-0.05, 0) is 79.1 Å². The van der Waals surface area contributed by atoms with E-state index in [0.29, 0.717) is 40.8 Å². The minimum absolute atomic E-state index is 0.0781. The van der Waals surface area contributed by atoms with Crippen LogP contribution in [-0.4, -0.2) is 5.78 Å². The third kappa shape index (κ3) is 4.82. The van der Waals surface area contributed by atoms with E-state index < -0.39 is 5.92 Å². The van der Waals surface area contributed by atoms with Gasteiger partial charge < -0.3 is 10.5 Å². The van der Waals surface area contributed by atoms with Crippen LogP contribution in [0.5, 0.6) is 5.75 Å². The molecule has 2 N–H and O–H groups in total. The van der Waals surface area contributed by atoms with Gasteiger partial charge in [-0.1, -0.05) is 61.0 Å². The predicted molar refractivity (Wildman–Crippen MR) is 155 cm³/mol. The number of allylic oxidation sites excluding steroid dienone is 3. The van der Waals surface area contributed by atoms with Crippen molar-refractivity contribution in [3.05, 3.63) is 116 Å². The fraction of sp³-hybridized carbons (Fsp3) is 0.273. The van der Waals surface area contributed by atoms with E-state index in [2.05, 4.69) is 31.2 Å². The Labute approximate surface area is 235 Å². The Morgan fingerprint density at radius 2 is 1.79 bits per heavy atom. The highest BCUT2D eigenvalue weighted by Gasteiger charge is 2.41. The van der Waals surface area contributed by atoms with Crippen molar-refractivity contribution in [2.45, 2.75) is 59.0 Å². The van der Waals surface area contributed by atoms with Crippen LogP contribution in [0, 0.1) is 25.2 Å². The number of aryl methyl sites for hydroxylation is 3. The maximum absolute atomic E-state index is 13.6. The highest BCUT2D eigenvalue weighted by molar-refractivity contribution is 6.32. The van der Waals surface area contributed by atoms with Crippen molar-refractivity contribution >= 4 is 23.1 Å². The summed E-state index contributed by atoms with van der Waals surface area (Å²) in [5, 5.41) is 11.0. The standard InChI is InChI=1S/C33H32ClN3O2/c1-4-22-10-5-7-12-27(22)37-28-13-9-14-29(38)32(28)31(25(18-35)33(37)36)24-17-23(20(2)16-21(24)3)19-39-30-15-8-6-11-26(30)34/h5-8,10-12,15-17,31H,4,9,13-14,19,36H2,1-3H3. The van der Waals surface area contributed by atoms with Crippen molar-refractivity contribution < 1.29 is 9.53 Å². The van der Waals surface area contributed by atoms with Gasteiger partial charge in [-0.2, -0.15) is 5.26 Å². The first-order valence-corrected chi connectivity index (χ1v) is 13.7. The minimum atomic E-state index is -0.525. The van der Waals surface area contributed by atoms with Crippen LogP contribution in [0.25, 0.3) is 0 Å². The van der Waals surface area contributed by atoms with Crippen molar-refractivity contribution in [1.82, 2.24) is 0 Å². The molecule has 1 unspecified atom stereocenters. The van der Waals surface area contributed by atoms with Gasteiger partial charge >= 0.3 is 0 Å². The number of Topliss-reactive ketones (excluding diaryl/α,β-unsaturated/α-hetero) is 1. The van der Waals surface area contributed by atoms with Gasteiger partial charge in [0.05, 0.1) is 28.3 Å². The fourth-order valence-electron chi connectivity index (χ4n) is 5.80. The van der Waals surface area contributed by atoms with Gasteiger partial charge in [-0.15, -0.1) is 0 Å². The third-order valence-electron chi connectivity index (χ3n) is 7.78. The van der Waals surface area contributed by atoms with Crippen molar-refractivity contribution in [2.24, 2.45) is 5.73 Å². The van der Waals surface area contributed by atoms with Crippen LogP contribution in [0.3, 0.4) is 0 Å². The Hall–Kier alpha value is -4.01. The fourth-order valence-corrected chi connectivity index (χ4v) is 5.99. The number of anilines is 1. The van der Waals surface area contributed by atoms with Crippen LogP contribution in [0.15, 0.2) is 83.3 Å². The van der Waals surface area contributed by atoms with E-state index in [0.717, 1.165) is 58.5 Å². The third-order valence-corrected chi connectivity index (χ3v) is 8.09. The van der Waals surface area contributed by atoms with Crippen molar-refractivity contribution in [3.8, 4) is 11.8 Å². The molecule has 39 heavy (non-hydrogen) atoms. The van der Waals surface area contributed by atoms with Gasteiger partial charge in [0.15, 0.2) is 5.78 Å². The number of para-hydroxylation sites is 2. The molecule has 0 fully saturated rings. The molecule has 0 amide bonds. The van der Waals surface area contributed by atoms with Crippen molar-refractivity contribution in [2.75, 3.05) is 4.90 Å². The number of ether oxygens (including phenoxy) is 1. The average Bonchev–Trinajstić information content (AvgIpc) is 2.93. The number of halogens is 1. The van der Waals surface area contributed by atoms with E-state index in [1.54, 1.807) is 6.07 Å². The molecule has 2 aliphatic rings. The van der Waals surface area contributed by atoms with Crippen LogP contribution in [-0.2, 0) is 17.8 Å². The molecule has 0 bridgehead atoms. The summed E-state index contributed by atoms with van der Waals surface area (Å²) in [6, 6.07) is 22.0. The maximum Gasteiger partial charge on any atom is 0.161 e. The van der Waals surface area contributed by atoms with E-state index >= 15 is 0 Å². The zero-order chi connectivity index (χ0) is 27.7. The highest BCUT2D eigenvalue weighted by Crippen LogP contribution is 2.47. The van der Waals surface area contributed by atoms with Gasteiger partial charge in [0.25, 0.3) is 0 Å². The van der Waals surface area contributed by atoms with Crippen LogP contribution < -0.4 is 15.4 Å². The summed E-state index contributed by atoms with van der Waals surface area (Å²) in [6.07, 6.45) is 2.76. The predicted octanol–water partition coefficient (Wildman–Crippen LogP) is 7.40. The van der Waals surface area contributed by atoms with E-state index in [-0.39, 0.29) is 5.78 Å². The molecule has 1 heterocycles. The number of rotatable bonds is 6. The Morgan fingerprint density at radius 1 is 1.05 bits per heavy atom. The summed E-state index contributed by atoms with van der Waals surface area (Å²) in [6.45, 7) is 6.48. The second-order valence-electron chi connectivity index (χ2n) is 10.2. The van der Waals surface area contributed by atoms with Crippen molar-refractivity contribution in [1.29, 1.82) is 5.26 Å². The number of carbonyl (C=O) groups is 1. The molecule has 1 atom stereocenters. The van der Waals surface area contributed by atoms with Gasteiger partial charge in [0.2, 0.25) is 0 Å². The van der Waals surface area contributed by atoms with Crippen LogP contribution >= 0.6 is 11.6 Å². The van der Waals surface area contributed by atoms with E-state index in [9.17, 15) is 10.1 Å². The summed E-state index contributed by atoms with van der Waals surface area (Å²) in [5.74, 6) is 0.556. The van der Waals surface area contributed by atoms with Crippen molar-refractivity contribution in [3.63, 3.8) is 0 Å². The topological polar surface area (TPSA) is 79.3 Å². The first kappa shape index (κ1) is 26.6. The lowest BCUT2D eigenvalue weighted by Gasteiger charge is -2.40. The summed E-state index contributed by atoms with van der Waals surface area (Å²) in [4.78, 5) is 15.6. The molecule has 1 aliphatic carbocycles. The summed E-state index contributed by atoms with van der Waals surface area (Å²) >= 11 is 6.31. The van der Waals surface area contributed by atoms with E-state index in [1.165, 1.54) is 0 Å². The van der Waals surface area contributed by atoms with Gasteiger partial charge in [0.1, 0.15) is 18.2 Å². The smallest absolute Gasteiger partial charge is 0.161 e. The van der Waals surface area contributed by atoms with Crippen LogP contribution in [0.1, 0.15) is 59.9 Å². The zero-order valence-corrected chi connectivity index (χ0v) is 23.3. The molecule has 6 heteroatoms. The SMILES string of the molecule is CCc1ccccc1N1C(N)=C(C#N)C(c2cc(COc3ccccc3Cl)c(C)cc2C)C2=C1CCCC2=O. The molecular formula is C33H32ClN3O2. The number of nitrogens with two attached hydrogens (primary N) is 1. The highest BCUT2D eigenvalue weighted by atomic mass is 35.5. The molecule has 0 saturated heterocycles. The van der Waals surface area contributed by atoms with Gasteiger partial charge in [-0.25, -0.2) is 0 Å². The molecule has 5 rings (SSSR count). The van der Waals surface area contributed by atoms with E-state index in [4.69, 9.17) is 22.1 Å². The molecule has 1 aliphatic heterocycles. The number of nitrogens with zero attached hydrogens (tertiary/aromatic N) is 2. The Bertz CT molecular complexity index is 1560. The second kappa shape index (κ2) is 11.0. The first-order chi connectivity index (χ1) is 18.8. The maximum atomic E-state index is 13.6. The number of ketones is 1. The van der Waals surface area contributed by atoms with E-state index in [1.807, 2.05) is 55.1 Å². The largest absolute Gasteiger partial charge is 0.487 e. The Kier molecular flexibility index (Phi) is 7.50. The van der Waals surface area contributed by atoms with Gasteiger partial charge in [0, 0.05) is 17.7 Å². The molecule has 198 valence electrons. The van der Waals surface area contributed by atoms with Crippen LogP contribution in [0.4, 0.5) is 5.69 Å². The molecule has 0 aromatic heterocycles. The molecule has 0 radical (unpaired) electrons. The monoisotopic (exact) mass is 537 g/mol. The Balaban J connectivity index is 1.65. The average molecular weight is 538 g/mol. The lowest BCUT2D eigenvalue weighted by molar-refractivity contribution is -0.116. The molecule has 0 saturated carbocycles. The Morgan fingerprint density at radius 3 is 2.54 bits per heavy atom. The quantitative estimate of drug-likeness (QED) is 0.354. The summed E-state index contributed by atoms with van der Waals surface area (Å²) in [7, 11) is 0. The number of benzene rings is 3. The lowest BCUT2D eigenvalue weighted by Crippen LogP contribution is -2.39. The lowest BCUT2D eigenvalue weighted by atomic mass is 9.74. The van der Waals surface area contributed by atoms with Crippen LogP contribution in [0.2, 0.25) is 5.02 Å². The van der Waals surface area contributed by atoms with Gasteiger partial charge in [-0.3, -0.25) is 9.69 Å². The molecule has 0 spiro atoms. The number of nitriles is 1. The number of hydrogen-bond acceptors (Lipinski definition) is 5. The minimum Gasteiger partial charge on any atom is -0.487 e. The molecular weight excluding hydrogens is 506 g/mol. The molecule has 3 aromatic rings.